The van der Waals surface area contributed by atoms with Crippen molar-refractivity contribution in [1.29, 1.82) is 0 Å². The van der Waals surface area contributed by atoms with Crippen molar-refractivity contribution < 1.29 is 22.0 Å². The monoisotopic (exact) mass is 341 g/mol. The molecule has 7 heteroatoms. The van der Waals surface area contributed by atoms with Gasteiger partial charge in [0.05, 0.1) is 18.1 Å². The van der Waals surface area contributed by atoms with Gasteiger partial charge in [0.15, 0.2) is 9.84 Å². The van der Waals surface area contributed by atoms with E-state index in [9.17, 15) is 22.0 Å². The van der Waals surface area contributed by atoms with Crippen molar-refractivity contribution >= 4 is 15.7 Å². The molecule has 1 aromatic rings. The molecule has 1 unspecified atom stereocenters. The highest BCUT2D eigenvalue weighted by atomic mass is 32.2. The standard InChI is InChI=1S/C16H17F2NO3S/c1-2-8-19(14-7-9-23(21,22)11-14)16(20)6-3-12-10-13(17)4-5-15(12)18/h1,4-5,10,14H,3,6-9,11H2. The van der Waals surface area contributed by atoms with Crippen LogP contribution in [0.5, 0.6) is 0 Å². The molecule has 0 spiro atoms. The first-order chi connectivity index (χ1) is 10.8. The van der Waals surface area contributed by atoms with Crippen molar-refractivity contribution in [2.45, 2.75) is 25.3 Å². The molecule has 1 aromatic carbocycles. The van der Waals surface area contributed by atoms with Crippen LogP contribution in [0.1, 0.15) is 18.4 Å². The zero-order valence-electron chi connectivity index (χ0n) is 12.5. The predicted octanol–water partition coefficient (Wildman–Crippen LogP) is 1.55. The van der Waals surface area contributed by atoms with Crippen molar-refractivity contribution in [1.82, 2.24) is 4.90 Å². The second kappa shape index (κ2) is 7.09. The van der Waals surface area contributed by atoms with Crippen LogP contribution in [0.3, 0.4) is 0 Å². The van der Waals surface area contributed by atoms with E-state index in [-0.39, 0.29) is 42.4 Å². The van der Waals surface area contributed by atoms with E-state index in [1.807, 2.05) is 0 Å². The van der Waals surface area contributed by atoms with E-state index >= 15 is 0 Å². The van der Waals surface area contributed by atoms with Gasteiger partial charge in [-0.25, -0.2) is 17.2 Å². The van der Waals surface area contributed by atoms with Crippen LogP contribution in [0.4, 0.5) is 8.78 Å². The number of carbonyl (C=O) groups is 1. The summed E-state index contributed by atoms with van der Waals surface area (Å²) in [4.78, 5) is 13.7. The van der Waals surface area contributed by atoms with E-state index in [4.69, 9.17) is 6.42 Å². The fourth-order valence-electron chi connectivity index (χ4n) is 2.66. The molecule has 2 rings (SSSR count). The van der Waals surface area contributed by atoms with Crippen molar-refractivity contribution in [3.8, 4) is 12.3 Å². The third-order valence-electron chi connectivity index (χ3n) is 3.85. The number of hydrogen-bond donors (Lipinski definition) is 0. The van der Waals surface area contributed by atoms with E-state index in [2.05, 4.69) is 5.92 Å². The maximum atomic E-state index is 13.6. The van der Waals surface area contributed by atoms with Gasteiger partial charge in [-0.05, 0) is 36.6 Å². The normalized spacial score (nSPS) is 19.3. The van der Waals surface area contributed by atoms with Gasteiger partial charge >= 0.3 is 0 Å². The Labute approximate surface area is 134 Å². The molecule has 0 radical (unpaired) electrons. The Hall–Kier alpha value is -1.94. The van der Waals surface area contributed by atoms with Gasteiger partial charge in [0, 0.05) is 12.5 Å². The quantitative estimate of drug-likeness (QED) is 0.764. The Morgan fingerprint density at radius 3 is 2.74 bits per heavy atom. The van der Waals surface area contributed by atoms with E-state index < -0.39 is 27.5 Å². The Morgan fingerprint density at radius 2 is 2.13 bits per heavy atom. The van der Waals surface area contributed by atoms with Crippen molar-refractivity contribution in [2.24, 2.45) is 0 Å². The smallest absolute Gasteiger partial charge is 0.223 e. The first-order valence-corrected chi connectivity index (χ1v) is 9.02. The van der Waals surface area contributed by atoms with Crippen LogP contribution < -0.4 is 0 Å². The molecular weight excluding hydrogens is 324 g/mol. The fourth-order valence-corrected chi connectivity index (χ4v) is 4.39. The third-order valence-corrected chi connectivity index (χ3v) is 5.60. The fraction of sp³-hybridized carbons (Fsp3) is 0.438. The van der Waals surface area contributed by atoms with E-state index in [0.717, 1.165) is 18.2 Å². The average molecular weight is 341 g/mol. The number of rotatable bonds is 5. The molecule has 0 aromatic heterocycles. The number of benzene rings is 1. The zero-order valence-corrected chi connectivity index (χ0v) is 13.3. The van der Waals surface area contributed by atoms with Gasteiger partial charge in [0.2, 0.25) is 5.91 Å². The van der Waals surface area contributed by atoms with E-state index in [0.29, 0.717) is 6.42 Å². The maximum absolute atomic E-state index is 13.6. The van der Waals surface area contributed by atoms with E-state index in [1.54, 1.807) is 0 Å². The van der Waals surface area contributed by atoms with Gasteiger partial charge in [-0.3, -0.25) is 4.79 Å². The predicted molar refractivity (Wildman–Crippen MR) is 82.3 cm³/mol. The van der Waals surface area contributed by atoms with Crippen LogP contribution in [0, 0.1) is 24.0 Å². The number of sulfone groups is 1. The number of nitrogens with zero attached hydrogens (tertiary/aromatic N) is 1. The topological polar surface area (TPSA) is 54.5 Å². The lowest BCUT2D eigenvalue weighted by Crippen LogP contribution is -2.41. The van der Waals surface area contributed by atoms with Crippen LogP contribution in [-0.2, 0) is 21.1 Å². The number of hydrogen-bond acceptors (Lipinski definition) is 3. The number of carbonyl (C=O) groups excluding carboxylic acids is 1. The zero-order chi connectivity index (χ0) is 17.0. The largest absolute Gasteiger partial charge is 0.328 e. The summed E-state index contributed by atoms with van der Waals surface area (Å²) >= 11 is 0. The highest BCUT2D eigenvalue weighted by Crippen LogP contribution is 2.19. The summed E-state index contributed by atoms with van der Waals surface area (Å²) in [5.41, 5.74) is 0.109. The molecule has 124 valence electrons. The van der Waals surface area contributed by atoms with Gasteiger partial charge in [0.25, 0.3) is 0 Å². The molecule has 0 N–H and O–H groups in total. The van der Waals surface area contributed by atoms with Gasteiger partial charge in [-0.1, -0.05) is 5.92 Å². The summed E-state index contributed by atoms with van der Waals surface area (Å²) in [5, 5.41) is 0. The lowest BCUT2D eigenvalue weighted by atomic mass is 10.1. The molecule has 1 saturated heterocycles. The third kappa shape index (κ3) is 4.52. The average Bonchev–Trinajstić information content (AvgIpc) is 2.85. The van der Waals surface area contributed by atoms with Gasteiger partial charge < -0.3 is 4.90 Å². The van der Waals surface area contributed by atoms with E-state index in [1.165, 1.54) is 4.90 Å². The van der Waals surface area contributed by atoms with Crippen LogP contribution in [-0.4, -0.2) is 43.3 Å². The highest BCUT2D eigenvalue weighted by molar-refractivity contribution is 7.91. The van der Waals surface area contributed by atoms with Crippen LogP contribution in [0.15, 0.2) is 18.2 Å². The Bertz CT molecular complexity index is 740. The molecule has 0 saturated carbocycles. The summed E-state index contributed by atoms with van der Waals surface area (Å²) < 4.78 is 49.8. The molecule has 23 heavy (non-hydrogen) atoms. The van der Waals surface area contributed by atoms with Gasteiger partial charge in [-0.2, -0.15) is 0 Å². The molecule has 1 amide bonds. The summed E-state index contributed by atoms with van der Waals surface area (Å²) in [5.74, 6) is 0.774. The molecule has 1 fully saturated rings. The summed E-state index contributed by atoms with van der Waals surface area (Å²) in [6.45, 7) is 0.00462. The Balaban J connectivity index is 2.04. The second-order valence-electron chi connectivity index (χ2n) is 5.52. The van der Waals surface area contributed by atoms with Crippen molar-refractivity contribution in [3.63, 3.8) is 0 Å². The van der Waals surface area contributed by atoms with Crippen LogP contribution >= 0.6 is 0 Å². The lowest BCUT2D eigenvalue weighted by Gasteiger charge is -2.26. The number of halogens is 2. The van der Waals surface area contributed by atoms with Crippen LogP contribution in [0.25, 0.3) is 0 Å². The molecule has 0 aliphatic carbocycles. The molecule has 4 nitrogen and oxygen atoms in total. The molecule has 1 aliphatic rings. The number of aryl methyl sites for hydroxylation is 1. The summed E-state index contributed by atoms with van der Waals surface area (Å²) in [6.07, 6.45) is 5.58. The molecule has 1 atom stereocenters. The van der Waals surface area contributed by atoms with Crippen molar-refractivity contribution in [3.05, 3.63) is 35.4 Å². The van der Waals surface area contributed by atoms with Crippen LogP contribution in [0.2, 0.25) is 0 Å². The minimum Gasteiger partial charge on any atom is -0.328 e. The maximum Gasteiger partial charge on any atom is 0.223 e. The molecule has 1 heterocycles. The van der Waals surface area contributed by atoms with Gasteiger partial charge in [0.1, 0.15) is 11.6 Å². The number of terminal acetylenes is 1. The Morgan fingerprint density at radius 1 is 1.39 bits per heavy atom. The first kappa shape index (κ1) is 17.4. The van der Waals surface area contributed by atoms with Gasteiger partial charge in [-0.15, -0.1) is 6.42 Å². The highest BCUT2D eigenvalue weighted by Gasteiger charge is 2.34. The molecule has 0 bridgehead atoms. The summed E-state index contributed by atoms with van der Waals surface area (Å²) in [7, 11) is -3.14. The minimum atomic E-state index is -3.14. The second-order valence-corrected chi connectivity index (χ2v) is 7.75. The minimum absolute atomic E-state index is 0.00462. The molecule has 1 aliphatic heterocycles. The van der Waals surface area contributed by atoms with Crippen molar-refractivity contribution in [2.75, 3.05) is 18.1 Å². The SMILES string of the molecule is C#CCN(C(=O)CCc1cc(F)ccc1F)C1CCS(=O)(=O)C1. The number of amides is 1. The summed E-state index contributed by atoms with van der Waals surface area (Å²) in [6, 6.07) is 2.63. The molecular formula is C16H17F2NO3S. The Kier molecular flexibility index (Phi) is 5.37. The first-order valence-electron chi connectivity index (χ1n) is 7.19. The lowest BCUT2D eigenvalue weighted by molar-refractivity contribution is -0.132.